The smallest absolute Gasteiger partial charge is 0.239 e. The summed E-state index contributed by atoms with van der Waals surface area (Å²) in [5.41, 5.74) is 6.08. The SMILES string of the molecule is COc1ccc(C(C)NC(=O)CNC(=O)CN)cc1. The van der Waals surface area contributed by atoms with Gasteiger partial charge in [-0.2, -0.15) is 0 Å². The summed E-state index contributed by atoms with van der Waals surface area (Å²) in [6.45, 7) is 1.67. The second-order valence-electron chi connectivity index (χ2n) is 4.04. The first-order valence-corrected chi connectivity index (χ1v) is 5.97. The number of carbonyl (C=O) groups is 2. The zero-order chi connectivity index (χ0) is 14.3. The second-order valence-corrected chi connectivity index (χ2v) is 4.04. The molecule has 1 rings (SSSR count). The summed E-state index contributed by atoms with van der Waals surface area (Å²) >= 11 is 0. The molecule has 0 fully saturated rings. The minimum Gasteiger partial charge on any atom is -0.497 e. The van der Waals surface area contributed by atoms with Crippen molar-refractivity contribution in [2.24, 2.45) is 5.73 Å². The monoisotopic (exact) mass is 265 g/mol. The number of nitrogens with one attached hydrogen (secondary N) is 2. The molecule has 0 aliphatic rings. The summed E-state index contributed by atoms with van der Waals surface area (Å²) in [4.78, 5) is 22.5. The van der Waals surface area contributed by atoms with E-state index in [2.05, 4.69) is 10.6 Å². The van der Waals surface area contributed by atoms with E-state index in [9.17, 15) is 9.59 Å². The van der Waals surface area contributed by atoms with Crippen LogP contribution in [-0.2, 0) is 9.59 Å². The van der Waals surface area contributed by atoms with E-state index in [0.29, 0.717) is 0 Å². The fraction of sp³-hybridized carbons (Fsp3) is 0.385. The fourth-order valence-corrected chi connectivity index (χ4v) is 1.52. The Hall–Kier alpha value is -2.08. The molecule has 2 amide bonds. The number of ether oxygens (including phenoxy) is 1. The first-order chi connectivity index (χ1) is 9.06. The molecule has 0 saturated carbocycles. The normalized spacial score (nSPS) is 11.5. The molecular formula is C13H19N3O3. The van der Waals surface area contributed by atoms with Gasteiger partial charge in [0.2, 0.25) is 11.8 Å². The second kappa shape index (κ2) is 7.38. The standard InChI is InChI=1S/C13H19N3O3/c1-9(10-3-5-11(19-2)6-4-10)16-13(18)8-15-12(17)7-14/h3-6,9H,7-8,14H2,1-2H3,(H,15,17)(H,16,18). The molecule has 6 nitrogen and oxygen atoms in total. The quantitative estimate of drug-likeness (QED) is 0.672. The maximum Gasteiger partial charge on any atom is 0.239 e. The van der Waals surface area contributed by atoms with Gasteiger partial charge >= 0.3 is 0 Å². The predicted octanol–water partition coefficient (Wildman–Crippen LogP) is -0.0527. The van der Waals surface area contributed by atoms with E-state index in [-0.39, 0.29) is 30.9 Å². The van der Waals surface area contributed by atoms with E-state index in [4.69, 9.17) is 10.5 Å². The molecule has 0 aliphatic carbocycles. The van der Waals surface area contributed by atoms with Crippen molar-refractivity contribution in [3.05, 3.63) is 29.8 Å². The number of rotatable bonds is 6. The number of carbonyl (C=O) groups excluding carboxylic acids is 2. The molecule has 0 bridgehead atoms. The molecule has 1 aromatic carbocycles. The molecule has 1 atom stereocenters. The minimum atomic E-state index is -0.354. The fourth-order valence-electron chi connectivity index (χ4n) is 1.52. The van der Waals surface area contributed by atoms with Crippen LogP contribution < -0.4 is 21.1 Å². The van der Waals surface area contributed by atoms with Crippen LogP contribution in [-0.4, -0.2) is 32.0 Å². The van der Waals surface area contributed by atoms with E-state index in [1.165, 1.54) is 0 Å². The third-order valence-corrected chi connectivity index (χ3v) is 2.62. The van der Waals surface area contributed by atoms with Crippen LogP contribution in [0.1, 0.15) is 18.5 Å². The van der Waals surface area contributed by atoms with Gasteiger partial charge in [-0.3, -0.25) is 9.59 Å². The van der Waals surface area contributed by atoms with Crippen molar-refractivity contribution in [1.29, 1.82) is 0 Å². The van der Waals surface area contributed by atoms with E-state index < -0.39 is 0 Å². The first kappa shape index (κ1) is 15.0. The highest BCUT2D eigenvalue weighted by molar-refractivity contribution is 5.85. The zero-order valence-corrected chi connectivity index (χ0v) is 11.1. The molecule has 0 heterocycles. The van der Waals surface area contributed by atoms with Gasteiger partial charge in [0, 0.05) is 0 Å². The molecule has 1 aromatic rings. The number of hydrogen-bond donors (Lipinski definition) is 3. The van der Waals surface area contributed by atoms with E-state index in [1.54, 1.807) is 7.11 Å². The van der Waals surface area contributed by atoms with Crippen LogP contribution in [0.3, 0.4) is 0 Å². The summed E-state index contributed by atoms with van der Waals surface area (Å²) in [6, 6.07) is 7.26. The van der Waals surface area contributed by atoms with Crippen LogP contribution in [0.15, 0.2) is 24.3 Å². The molecular weight excluding hydrogens is 246 g/mol. The van der Waals surface area contributed by atoms with Gasteiger partial charge in [0.05, 0.1) is 26.2 Å². The summed E-state index contributed by atoms with van der Waals surface area (Å²) in [7, 11) is 1.60. The van der Waals surface area contributed by atoms with Crippen molar-refractivity contribution in [3.8, 4) is 5.75 Å². The molecule has 0 spiro atoms. The number of methoxy groups -OCH3 is 1. The van der Waals surface area contributed by atoms with Gasteiger partial charge in [-0.05, 0) is 24.6 Å². The van der Waals surface area contributed by atoms with Crippen molar-refractivity contribution in [3.63, 3.8) is 0 Å². The lowest BCUT2D eigenvalue weighted by atomic mass is 10.1. The summed E-state index contributed by atoms with van der Waals surface area (Å²) in [6.07, 6.45) is 0. The lowest BCUT2D eigenvalue weighted by molar-refractivity contribution is -0.125. The highest BCUT2D eigenvalue weighted by Crippen LogP contribution is 2.16. The van der Waals surface area contributed by atoms with Gasteiger partial charge in [0.1, 0.15) is 5.75 Å². The van der Waals surface area contributed by atoms with Crippen LogP contribution in [0.5, 0.6) is 5.75 Å². The number of benzene rings is 1. The Morgan fingerprint density at radius 3 is 2.42 bits per heavy atom. The lowest BCUT2D eigenvalue weighted by Gasteiger charge is -2.15. The summed E-state index contributed by atoms with van der Waals surface area (Å²) in [5, 5.41) is 5.19. The van der Waals surface area contributed by atoms with Gasteiger partial charge in [-0.1, -0.05) is 12.1 Å². The predicted molar refractivity (Wildman–Crippen MR) is 71.6 cm³/mol. The van der Waals surface area contributed by atoms with Crippen molar-refractivity contribution < 1.29 is 14.3 Å². The van der Waals surface area contributed by atoms with Gasteiger partial charge in [-0.25, -0.2) is 0 Å². The molecule has 4 N–H and O–H groups in total. The summed E-state index contributed by atoms with van der Waals surface area (Å²) < 4.78 is 5.06. The Kier molecular flexibility index (Phi) is 5.81. The minimum absolute atomic E-state index is 0.0729. The van der Waals surface area contributed by atoms with Gasteiger partial charge in [0.15, 0.2) is 0 Å². The van der Waals surface area contributed by atoms with E-state index in [0.717, 1.165) is 11.3 Å². The maximum absolute atomic E-state index is 11.6. The molecule has 0 aromatic heterocycles. The van der Waals surface area contributed by atoms with E-state index in [1.807, 2.05) is 31.2 Å². The maximum atomic E-state index is 11.6. The highest BCUT2D eigenvalue weighted by atomic mass is 16.5. The van der Waals surface area contributed by atoms with Crippen molar-refractivity contribution >= 4 is 11.8 Å². The average Bonchev–Trinajstić information content (AvgIpc) is 2.44. The zero-order valence-electron chi connectivity index (χ0n) is 11.1. The molecule has 0 saturated heterocycles. The molecule has 0 aliphatic heterocycles. The molecule has 6 heteroatoms. The number of hydrogen-bond acceptors (Lipinski definition) is 4. The Morgan fingerprint density at radius 1 is 1.26 bits per heavy atom. The number of nitrogens with two attached hydrogens (primary N) is 1. The molecule has 1 unspecified atom stereocenters. The van der Waals surface area contributed by atoms with Crippen molar-refractivity contribution in [2.75, 3.05) is 20.2 Å². The topological polar surface area (TPSA) is 93.5 Å². The largest absolute Gasteiger partial charge is 0.497 e. The average molecular weight is 265 g/mol. The Balaban J connectivity index is 2.46. The van der Waals surface area contributed by atoms with Crippen molar-refractivity contribution in [1.82, 2.24) is 10.6 Å². The van der Waals surface area contributed by atoms with Gasteiger partial charge in [0.25, 0.3) is 0 Å². The molecule has 104 valence electrons. The Bertz CT molecular complexity index is 431. The van der Waals surface area contributed by atoms with E-state index >= 15 is 0 Å². The first-order valence-electron chi connectivity index (χ1n) is 5.97. The van der Waals surface area contributed by atoms with Gasteiger partial charge < -0.3 is 21.1 Å². The Morgan fingerprint density at radius 2 is 1.89 bits per heavy atom. The van der Waals surface area contributed by atoms with Crippen LogP contribution in [0.25, 0.3) is 0 Å². The van der Waals surface area contributed by atoms with Crippen LogP contribution in [0.4, 0.5) is 0 Å². The van der Waals surface area contributed by atoms with Crippen LogP contribution in [0, 0.1) is 0 Å². The third-order valence-electron chi connectivity index (χ3n) is 2.62. The number of amides is 2. The Labute approximate surface area is 112 Å². The molecule has 19 heavy (non-hydrogen) atoms. The van der Waals surface area contributed by atoms with Crippen molar-refractivity contribution in [2.45, 2.75) is 13.0 Å². The molecule has 0 radical (unpaired) electrons. The third kappa shape index (κ3) is 4.97. The van der Waals surface area contributed by atoms with Gasteiger partial charge in [-0.15, -0.1) is 0 Å². The highest BCUT2D eigenvalue weighted by Gasteiger charge is 2.10. The van der Waals surface area contributed by atoms with Crippen LogP contribution >= 0.6 is 0 Å². The van der Waals surface area contributed by atoms with Crippen LogP contribution in [0.2, 0.25) is 0 Å². The lowest BCUT2D eigenvalue weighted by Crippen LogP contribution is -2.40. The summed E-state index contributed by atoms with van der Waals surface area (Å²) in [5.74, 6) is 0.148.